The molecular weight excluding hydrogens is 262 g/mol. The highest BCUT2D eigenvalue weighted by Crippen LogP contribution is 2.33. The van der Waals surface area contributed by atoms with E-state index in [0.717, 1.165) is 5.69 Å². The Kier molecular flexibility index (Phi) is 3.24. The average Bonchev–Trinajstić information content (AvgIpc) is 2.97. The molecule has 7 nitrogen and oxygen atoms in total. The first-order chi connectivity index (χ1) is 9.78. The van der Waals surface area contributed by atoms with Gasteiger partial charge in [0.15, 0.2) is 6.10 Å². The summed E-state index contributed by atoms with van der Waals surface area (Å²) >= 11 is 0. The van der Waals surface area contributed by atoms with Crippen LogP contribution in [0.3, 0.4) is 0 Å². The summed E-state index contributed by atoms with van der Waals surface area (Å²) in [6, 6.07) is 7.56. The van der Waals surface area contributed by atoms with Crippen molar-refractivity contribution >= 4 is 11.7 Å². The van der Waals surface area contributed by atoms with E-state index < -0.39 is 12.1 Å². The number of hydrogen-bond acceptors (Lipinski definition) is 7. The van der Waals surface area contributed by atoms with Gasteiger partial charge in [0, 0.05) is 0 Å². The third-order valence-electron chi connectivity index (χ3n) is 2.81. The van der Waals surface area contributed by atoms with Gasteiger partial charge in [-0.2, -0.15) is 4.98 Å². The van der Waals surface area contributed by atoms with Gasteiger partial charge in [0.2, 0.25) is 0 Å². The Bertz CT molecular complexity index is 626. The molecule has 1 aliphatic heterocycles. The van der Waals surface area contributed by atoms with E-state index >= 15 is 0 Å². The minimum absolute atomic E-state index is 0.0932. The number of nitrogens with one attached hydrogen (secondary N) is 1. The molecule has 3 rings (SSSR count). The van der Waals surface area contributed by atoms with Crippen LogP contribution in [0.25, 0.3) is 0 Å². The van der Waals surface area contributed by atoms with Gasteiger partial charge in [-0.3, -0.25) is 0 Å². The van der Waals surface area contributed by atoms with E-state index in [1.165, 1.54) is 0 Å². The molecule has 1 unspecified atom stereocenters. The second-order valence-corrected chi connectivity index (χ2v) is 4.16. The Labute approximate surface area is 114 Å². The predicted octanol–water partition coefficient (Wildman–Crippen LogP) is 1.79. The number of fused-ring (bicyclic) bond motifs is 1. The van der Waals surface area contributed by atoms with E-state index in [4.69, 9.17) is 14.0 Å². The van der Waals surface area contributed by atoms with Crippen molar-refractivity contribution in [1.29, 1.82) is 0 Å². The first-order valence-electron chi connectivity index (χ1n) is 6.28. The Morgan fingerprint density at radius 3 is 3.20 bits per heavy atom. The summed E-state index contributed by atoms with van der Waals surface area (Å²) < 4.78 is 15.6. The number of carbonyl (C=O) groups excluding carboxylic acids is 1. The van der Waals surface area contributed by atoms with Crippen molar-refractivity contribution in [3.8, 4) is 5.75 Å². The van der Waals surface area contributed by atoms with Crippen LogP contribution in [0.4, 0.5) is 5.69 Å². The summed E-state index contributed by atoms with van der Waals surface area (Å²) in [5, 5.41) is 6.80. The molecule has 0 amide bonds. The third-order valence-corrected chi connectivity index (χ3v) is 2.81. The second-order valence-electron chi connectivity index (χ2n) is 4.16. The standard InChI is InChI=1S/C13H13N3O4/c1-2-18-13(17)11-15-12(20-16-11)10-7-14-8-5-3-4-6-9(8)19-10/h3-6,10,14H,2,7H2,1H3. The summed E-state index contributed by atoms with van der Waals surface area (Å²) in [5.74, 6) is 0.255. The minimum Gasteiger partial charge on any atom is -0.477 e. The van der Waals surface area contributed by atoms with E-state index in [0.29, 0.717) is 12.3 Å². The number of para-hydroxylation sites is 2. The van der Waals surface area contributed by atoms with Gasteiger partial charge in [0.05, 0.1) is 18.8 Å². The monoisotopic (exact) mass is 275 g/mol. The fraction of sp³-hybridized carbons (Fsp3) is 0.308. The molecule has 0 fully saturated rings. The van der Waals surface area contributed by atoms with Crippen molar-refractivity contribution in [2.75, 3.05) is 18.5 Å². The van der Waals surface area contributed by atoms with Crippen molar-refractivity contribution in [2.24, 2.45) is 0 Å². The van der Waals surface area contributed by atoms with Crippen LogP contribution in [-0.4, -0.2) is 29.3 Å². The molecule has 1 aliphatic rings. The number of anilines is 1. The van der Waals surface area contributed by atoms with Crippen LogP contribution in [0.15, 0.2) is 28.8 Å². The van der Waals surface area contributed by atoms with Crippen LogP contribution in [0.5, 0.6) is 5.75 Å². The number of carbonyl (C=O) groups is 1. The van der Waals surface area contributed by atoms with Gasteiger partial charge in [-0.05, 0) is 24.2 Å². The SMILES string of the molecule is CCOC(=O)c1noc(C2CNc3ccccc3O2)n1. The van der Waals surface area contributed by atoms with Crippen molar-refractivity contribution in [3.63, 3.8) is 0 Å². The van der Waals surface area contributed by atoms with Crippen molar-refractivity contribution in [1.82, 2.24) is 10.1 Å². The van der Waals surface area contributed by atoms with Crippen molar-refractivity contribution in [3.05, 3.63) is 36.0 Å². The zero-order chi connectivity index (χ0) is 13.9. The number of hydrogen-bond donors (Lipinski definition) is 1. The van der Waals surface area contributed by atoms with Gasteiger partial charge in [0.25, 0.3) is 11.7 Å². The maximum absolute atomic E-state index is 11.5. The summed E-state index contributed by atoms with van der Waals surface area (Å²) in [7, 11) is 0. The first-order valence-corrected chi connectivity index (χ1v) is 6.28. The molecule has 0 saturated carbocycles. The molecule has 7 heteroatoms. The maximum atomic E-state index is 11.5. The average molecular weight is 275 g/mol. The summed E-state index contributed by atoms with van der Waals surface area (Å²) in [6.07, 6.45) is -0.430. The fourth-order valence-corrected chi connectivity index (χ4v) is 1.90. The molecule has 0 bridgehead atoms. The quantitative estimate of drug-likeness (QED) is 0.854. The highest BCUT2D eigenvalue weighted by atomic mass is 16.5. The van der Waals surface area contributed by atoms with Crippen molar-refractivity contribution in [2.45, 2.75) is 13.0 Å². The molecule has 1 atom stereocenters. The topological polar surface area (TPSA) is 86.5 Å². The highest BCUT2D eigenvalue weighted by molar-refractivity contribution is 5.84. The van der Waals surface area contributed by atoms with Crippen LogP contribution in [0, 0.1) is 0 Å². The molecule has 104 valence electrons. The van der Waals surface area contributed by atoms with Gasteiger partial charge < -0.3 is 19.3 Å². The largest absolute Gasteiger partial charge is 0.477 e. The molecule has 0 radical (unpaired) electrons. The van der Waals surface area contributed by atoms with Gasteiger partial charge in [-0.15, -0.1) is 0 Å². The maximum Gasteiger partial charge on any atom is 0.379 e. The molecule has 1 aromatic heterocycles. The van der Waals surface area contributed by atoms with Crippen LogP contribution in [0.1, 0.15) is 29.5 Å². The Balaban J connectivity index is 1.77. The predicted molar refractivity (Wildman–Crippen MR) is 68.6 cm³/mol. The van der Waals surface area contributed by atoms with E-state index in [2.05, 4.69) is 15.5 Å². The second kappa shape index (κ2) is 5.20. The number of aromatic nitrogens is 2. The normalized spacial score (nSPS) is 16.8. The Morgan fingerprint density at radius 2 is 2.35 bits per heavy atom. The minimum atomic E-state index is -0.605. The lowest BCUT2D eigenvalue weighted by Gasteiger charge is -2.24. The number of ether oxygens (including phenoxy) is 2. The third kappa shape index (κ3) is 2.29. The zero-order valence-corrected chi connectivity index (χ0v) is 10.8. The molecule has 0 spiro atoms. The zero-order valence-electron chi connectivity index (χ0n) is 10.8. The van der Waals surface area contributed by atoms with Gasteiger partial charge in [0.1, 0.15) is 5.75 Å². The van der Waals surface area contributed by atoms with Gasteiger partial charge in [-0.1, -0.05) is 12.1 Å². The van der Waals surface area contributed by atoms with Crippen LogP contribution < -0.4 is 10.1 Å². The van der Waals surface area contributed by atoms with E-state index in [-0.39, 0.29) is 18.3 Å². The number of esters is 1. The molecule has 1 aromatic carbocycles. The molecule has 2 aromatic rings. The van der Waals surface area contributed by atoms with Crippen LogP contribution in [-0.2, 0) is 4.74 Å². The Hall–Kier alpha value is -2.57. The van der Waals surface area contributed by atoms with E-state index in [9.17, 15) is 4.79 Å². The van der Waals surface area contributed by atoms with Crippen molar-refractivity contribution < 1.29 is 18.8 Å². The molecular formula is C13H13N3O4. The van der Waals surface area contributed by atoms with Gasteiger partial charge >= 0.3 is 5.97 Å². The summed E-state index contributed by atoms with van der Waals surface area (Å²) in [6.45, 7) is 2.46. The fourth-order valence-electron chi connectivity index (χ4n) is 1.90. The van der Waals surface area contributed by atoms with Crippen LogP contribution >= 0.6 is 0 Å². The lowest BCUT2D eigenvalue weighted by atomic mass is 10.2. The van der Waals surface area contributed by atoms with Gasteiger partial charge in [-0.25, -0.2) is 4.79 Å². The molecule has 0 saturated heterocycles. The lowest BCUT2D eigenvalue weighted by Crippen LogP contribution is -2.23. The Morgan fingerprint density at radius 1 is 1.50 bits per heavy atom. The van der Waals surface area contributed by atoms with E-state index in [1.807, 2.05) is 24.3 Å². The molecule has 1 N–H and O–H groups in total. The first kappa shape index (κ1) is 12.5. The summed E-state index contributed by atoms with van der Waals surface area (Å²) in [4.78, 5) is 15.5. The number of rotatable bonds is 3. The smallest absolute Gasteiger partial charge is 0.379 e. The summed E-state index contributed by atoms with van der Waals surface area (Å²) in [5.41, 5.74) is 0.911. The van der Waals surface area contributed by atoms with Crippen LogP contribution in [0.2, 0.25) is 0 Å². The lowest BCUT2D eigenvalue weighted by molar-refractivity contribution is 0.0508. The molecule has 2 heterocycles. The number of benzene rings is 1. The molecule has 20 heavy (non-hydrogen) atoms. The molecule has 0 aliphatic carbocycles. The highest BCUT2D eigenvalue weighted by Gasteiger charge is 2.27. The number of nitrogens with zero attached hydrogens (tertiary/aromatic N) is 2. The van der Waals surface area contributed by atoms with E-state index in [1.54, 1.807) is 6.92 Å².